The van der Waals surface area contributed by atoms with Crippen molar-refractivity contribution in [3.8, 4) is 22.8 Å². The lowest BCUT2D eigenvalue weighted by atomic mass is 10.1. The predicted molar refractivity (Wildman–Crippen MR) is 88.0 cm³/mol. The minimum absolute atomic E-state index is 0.383. The van der Waals surface area contributed by atoms with Crippen molar-refractivity contribution in [3.05, 3.63) is 60.9 Å². The van der Waals surface area contributed by atoms with Gasteiger partial charge in [0.15, 0.2) is 5.65 Å². The van der Waals surface area contributed by atoms with Crippen molar-refractivity contribution < 1.29 is 4.74 Å². The maximum atomic E-state index is 5.99. The third-order valence-electron chi connectivity index (χ3n) is 3.50. The highest BCUT2D eigenvalue weighted by atomic mass is 16.5. The van der Waals surface area contributed by atoms with Crippen molar-refractivity contribution in [1.29, 1.82) is 0 Å². The highest BCUT2D eigenvalue weighted by Crippen LogP contribution is 2.36. The predicted octanol–water partition coefficient (Wildman–Crippen LogP) is 3.39. The third-order valence-corrected chi connectivity index (χ3v) is 3.50. The first-order chi connectivity index (χ1) is 11.3. The fourth-order valence-corrected chi connectivity index (χ4v) is 2.44. The molecule has 0 amide bonds. The Morgan fingerprint density at radius 3 is 2.57 bits per heavy atom. The van der Waals surface area contributed by atoms with Crippen molar-refractivity contribution >= 4 is 16.9 Å². The molecule has 0 bridgehead atoms. The molecule has 2 heterocycles. The number of aromatic nitrogens is 4. The van der Waals surface area contributed by atoms with Crippen LogP contribution in [0.5, 0.6) is 11.5 Å². The van der Waals surface area contributed by atoms with Gasteiger partial charge in [-0.3, -0.25) is 5.10 Å². The van der Waals surface area contributed by atoms with E-state index in [4.69, 9.17) is 10.5 Å². The van der Waals surface area contributed by atoms with Crippen LogP contribution in [0.2, 0.25) is 0 Å². The van der Waals surface area contributed by atoms with Gasteiger partial charge in [0.2, 0.25) is 0 Å². The first kappa shape index (κ1) is 13.3. The Balaban J connectivity index is 1.86. The summed E-state index contributed by atoms with van der Waals surface area (Å²) in [5.74, 6) is 1.83. The maximum Gasteiger partial charge on any atom is 0.161 e. The van der Waals surface area contributed by atoms with Crippen LogP contribution >= 0.6 is 0 Å². The van der Waals surface area contributed by atoms with E-state index >= 15 is 0 Å². The number of nitrogens with one attached hydrogen (secondary N) is 1. The number of anilines is 1. The molecule has 6 nitrogen and oxygen atoms in total. The van der Waals surface area contributed by atoms with E-state index < -0.39 is 0 Å². The zero-order valence-corrected chi connectivity index (χ0v) is 12.1. The van der Waals surface area contributed by atoms with Gasteiger partial charge in [-0.15, -0.1) is 0 Å². The van der Waals surface area contributed by atoms with Crippen LogP contribution in [0.15, 0.2) is 60.9 Å². The number of nitrogen functional groups attached to an aromatic ring is 1. The van der Waals surface area contributed by atoms with Crippen molar-refractivity contribution in [1.82, 2.24) is 20.2 Å². The number of fused-ring (bicyclic) bond motifs is 1. The maximum absolute atomic E-state index is 5.99. The molecule has 2 aromatic carbocycles. The molecule has 0 unspecified atom stereocenters. The Bertz CT molecular complexity index is 965. The quantitative estimate of drug-likeness (QED) is 0.605. The third kappa shape index (κ3) is 2.36. The minimum atomic E-state index is 0.383. The van der Waals surface area contributed by atoms with Crippen LogP contribution in [-0.2, 0) is 0 Å². The van der Waals surface area contributed by atoms with Crippen LogP contribution in [-0.4, -0.2) is 20.2 Å². The molecular formula is C17H13N5O. The molecule has 0 saturated heterocycles. The molecule has 4 rings (SSSR count). The van der Waals surface area contributed by atoms with Crippen molar-refractivity contribution in [2.45, 2.75) is 0 Å². The lowest BCUT2D eigenvalue weighted by Crippen LogP contribution is -1.93. The van der Waals surface area contributed by atoms with Crippen LogP contribution in [0.3, 0.4) is 0 Å². The van der Waals surface area contributed by atoms with Crippen molar-refractivity contribution in [2.24, 2.45) is 0 Å². The molecule has 112 valence electrons. The molecule has 3 N–H and O–H groups in total. The summed E-state index contributed by atoms with van der Waals surface area (Å²) in [4.78, 5) is 8.20. The molecule has 0 aliphatic carbocycles. The topological polar surface area (TPSA) is 89.7 Å². The highest BCUT2D eigenvalue weighted by Gasteiger charge is 2.16. The van der Waals surface area contributed by atoms with Crippen molar-refractivity contribution in [3.63, 3.8) is 0 Å². The number of hydrogen-bond acceptors (Lipinski definition) is 5. The molecule has 0 aliphatic rings. The van der Waals surface area contributed by atoms with E-state index in [9.17, 15) is 0 Å². The average Bonchev–Trinajstić information content (AvgIpc) is 3.02. The summed E-state index contributed by atoms with van der Waals surface area (Å²) in [7, 11) is 0. The number of nitrogens with two attached hydrogens (primary N) is 1. The summed E-state index contributed by atoms with van der Waals surface area (Å²) in [6.07, 6.45) is 1.41. The Kier molecular flexibility index (Phi) is 3.12. The monoisotopic (exact) mass is 303 g/mol. The Labute approximate surface area is 132 Å². The molecular weight excluding hydrogens is 290 g/mol. The number of ether oxygens (including phenoxy) is 1. The van der Waals surface area contributed by atoms with Gasteiger partial charge >= 0.3 is 0 Å². The van der Waals surface area contributed by atoms with E-state index in [2.05, 4.69) is 20.2 Å². The van der Waals surface area contributed by atoms with Gasteiger partial charge in [-0.25, -0.2) is 9.97 Å². The van der Waals surface area contributed by atoms with Gasteiger partial charge in [0, 0.05) is 5.56 Å². The molecule has 4 aromatic rings. The number of para-hydroxylation sites is 2. The molecule has 0 saturated carbocycles. The summed E-state index contributed by atoms with van der Waals surface area (Å²) in [5, 5.41) is 7.91. The van der Waals surface area contributed by atoms with Crippen LogP contribution in [0.4, 0.5) is 5.82 Å². The van der Waals surface area contributed by atoms with Crippen LogP contribution in [0.1, 0.15) is 0 Å². The molecule has 0 radical (unpaired) electrons. The summed E-state index contributed by atoms with van der Waals surface area (Å²) in [5.41, 5.74) is 8.08. The summed E-state index contributed by atoms with van der Waals surface area (Å²) >= 11 is 0. The standard InChI is InChI=1S/C17H13N5O/c18-16-14-15(21-22-17(14)20-10-19-16)12-8-4-5-9-13(12)23-11-6-2-1-3-7-11/h1-10H,(H3,18,19,20,21,22). The second-order valence-corrected chi connectivity index (χ2v) is 4.97. The van der Waals surface area contributed by atoms with Crippen LogP contribution in [0, 0.1) is 0 Å². The van der Waals surface area contributed by atoms with Gasteiger partial charge in [0.25, 0.3) is 0 Å². The van der Waals surface area contributed by atoms with Gasteiger partial charge in [-0.05, 0) is 24.3 Å². The van der Waals surface area contributed by atoms with Gasteiger partial charge in [-0.2, -0.15) is 5.10 Å². The Hall–Kier alpha value is -3.41. The molecule has 23 heavy (non-hydrogen) atoms. The number of nitrogens with zero attached hydrogens (tertiary/aromatic N) is 3. The number of rotatable bonds is 3. The fourth-order valence-electron chi connectivity index (χ4n) is 2.44. The zero-order chi connectivity index (χ0) is 15.6. The fraction of sp³-hybridized carbons (Fsp3) is 0. The molecule has 0 fully saturated rings. The van der Waals surface area contributed by atoms with E-state index in [-0.39, 0.29) is 0 Å². The SMILES string of the molecule is Nc1ncnc2[nH]nc(-c3ccccc3Oc3ccccc3)c12. The number of benzene rings is 2. The largest absolute Gasteiger partial charge is 0.457 e. The first-order valence-electron chi connectivity index (χ1n) is 7.10. The number of H-pyrrole nitrogens is 1. The number of hydrogen-bond donors (Lipinski definition) is 2. The summed E-state index contributed by atoms with van der Waals surface area (Å²) < 4.78 is 5.99. The van der Waals surface area contributed by atoms with E-state index in [0.717, 1.165) is 11.3 Å². The van der Waals surface area contributed by atoms with E-state index in [0.29, 0.717) is 28.3 Å². The normalized spacial score (nSPS) is 10.8. The Morgan fingerprint density at radius 2 is 1.70 bits per heavy atom. The van der Waals surface area contributed by atoms with Gasteiger partial charge in [0.05, 0.1) is 5.39 Å². The second kappa shape index (κ2) is 5.42. The first-order valence-corrected chi connectivity index (χ1v) is 7.10. The molecule has 6 heteroatoms. The van der Waals surface area contributed by atoms with Gasteiger partial charge in [0.1, 0.15) is 29.3 Å². The van der Waals surface area contributed by atoms with Gasteiger partial charge < -0.3 is 10.5 Å². The molecule has 0 spiro atoms. The second-order valence-electron chi connectivity index (χ2n) is 4.97. The molecule has 0 aliphatic heterocycles. The smallest absolute Gasteiger partial charge is 0.161 e. The zero-order valence-electron chi connectivity index (χ0n) is 12.1. The van der Waals surface area contributed by atoms with Crippen LogP contribution < -0.4 is 10.5 Å². The van der Waals surface area contributed by atoms with E-state index in [1.807, 2.05) is 54.6 Å². The lowest BCUT2D eigenvalue weighted by molar-refractivity contribution is 0.484. The molecule has 0 atom stereocenters. The van der Waals surface area contributed by atoms with Crippen molar-refractivity contribution in [2.75, 3.05) is 5.73 Å². The summed E-state index contributed by atoms with van der Waals surface area (Å²) in [6, 6.07) is 17.3. The van der Waals surface area contributed by atoms with E-state index in [1.54, 1.807) is 0 Å². The number of aromatic amines is 1. The minimum Gasteiger partial charge on any atom is -0.457 e. The Morgan fingerprint density at radius 1 is 0.913 bits per heavy atom. The average molecular weight is 303 g/mol. The lowest BCUT2D eigenvalue weighted by Gasteiger charge is -2.10. The van der Waals surface area contributed by atoms with Crippen LogP contribution in [0.25, 0.3) is 22.3 Å². The summed E-state index contributed by atoms with van der Waals surface area (Å²) in [6.45, 7) is 0. The molecule has 2 aromatic heterocycles. The van der Waals surface area contributed by atoms with E-state index in [1.165, 1.54) is 6.33 Å². The van der Waals surface area contributed by atoms with Gasteiger partial charge in [-0.1, -0.05) is 30.3 Å². The highest BCUT2D eigenvalue weighted by molar-refractivity contribution is 5.98.